The molecule has 0 bridgehead atoms. The summed E-state index contributed by atoms with van der Waals surface area (Å²) in [6.07, 6.45) is 6.58. The summed E-state index contributed by atoms with van der Waals surface area (Å²) in [7, 11) is 0. The normalized spacial score (nSPS) is 15.2. The van der Waals surface area contributed by atoms with Crippen LogP contribution in [0.3, 0.4) is 0 Å². The monoisotopic (exact) mass is 829 g/mol. The molecule has 4 nitrogen and oxygen atoms in total. The molecule has 0 radical (unpaired) electrons. The third-order valence-corrected chi connectivity index (χ3v) is 13.3. The minimum absolute atomic E-state index is 0.0219. The van der Waals surface area contributed by atoms with Gasteiger partial charge in [-0.25, -0.2) is 15.0 Å². The maximum atomic E-state index is 7.11. The summed E-state index contributed by atoms with van der Waals surface area (Å²) in [5.74, 6) is 2.86. The van der Waals surface area contributed by atoms with Crippen molar-refractivity contribution in [1.82, 2.24) is 15.0 Å². The number of hydrogen-bond donors (Lipinski definition) is 0. The molecule has 0 spiro atoms. The van der Waals surface area contributed by atoms with Crippen molar-refractivity contribution in [2.24, 2.45) is 0 Å². The van der Waals surface area contributed by atoms with Crippen molar-refractivity contribution in [1.29, 1.82) is 0 Å². The van der Waals surface area contributed by atoms with Crippen molar-refractivity contribution in [3.05, 3.63) is 236 Å². The van der Waals surface area contributed by atoms with Gasteiger partial charge < -0.3 is 4.74 Å². The van der Waals surface area contributed by atoms with Gasteiger partial charge in [-0.1, -0.05) is 212 Å². The Morgan fingerprint density at radius 3 is 1.23 bits per heavy atom. The van der Waals surface area contributed by atoms with E-state index in [0.29, 0.717) is 17.5 Å². The van der Waals surface area contributed by atoms with Crippen LogP contribution in [0.4, 0.5) is 0 Å². The molecule has 65 heavy (non-hydrogen) atoms. The fraction of sp³-hybridized carbons (Fsp3) is 0.0328. The van der Waals surface area contributed by atoms with Gasteiger partial charge in [0, 0.05) is 33.7 Å². The molecule has 0 saturated carbocycles. The molecule has 0 saturated heterocycles. The number of aromatic nitrogens is 3. The topological polar surface area (TPSA) is 47.9 Å². The molecule has 304 valence electrons. The quantitative estimate of drug-likeness (QED) is 0.157. The number of hydrogen-bond acceptors (Lipinski definition) is 4. The SMILES string of the molecule is C1=CC2c3cc(-c4c5ccccc5c(-c5ccccc5)c5ccccc45)ccc3OC2C(c2c3ccccc3c(-c3nc(-c4ccccc4)nc(-c4ccccc4)n3)c3ccccc23)=C1. The summed E-state index contributed by atoms with van der Waals surface area (Å²) in [6.45, 7) is 0. The zero-order chi connectivity index (χ0) is 42.8. The molecule has 1 aliphatic heterocycles. The molecule has 10 aromatic carbocycles. The van der Waals surface area contributed by atoms with E-state index in [0.717, 1.165) is 49.6 Å². The lowest BCUT2D eigenvalue weighted by Gasteiger charge is -2.26. The van der Waals surface area contributed by atoms with Gasteiger partial charge >= 0.3 is 0 Å². The maximum absolute atomic E-state index is 7.11. The third kappa shape index (κ3) is 6.02. The average Bonchev–Trinajstić information content (AvgIpc) is 3.76. The molecule has 1 aromatic heterocycles. The van der Waals surface area contributed by atoms with Gasteiger partial charge in [0.05, 0.1) is 0 Å². The summed E-state index contributed by atoms with van der Waals surface area (Å²) in [5, 5.41) is 9.38. The highest BCUT2D eigenvalue weighted by molar-refractivity contribution is 6.22. The van der Waals surface area contributed by atoms with E-state index in [1.165, 1.54) is 54.9 Å². The van der Waals surface area contributed by atoms with Crippen LogP contribution in [0.5, 0.6) is 5.75 Å². The molecule has 2 unspecified atom stereocenters. The fourth-order valence-electron chi connectivity index (χ4n) is 10.5. The molecule has 2 atom stereocenters. The van der Waals surface area contributed by atoms with E-state index in [2.05, 4.69) is 188 Å². The molecule has 4 heteroatoms. The second-order valence-electron chi connectivity index (χ2n) is 16.9. The lowest BCUT2D eigenvalue weighted by molar-refractivity contribution is 0.278. The highest BCUT2D eigenvalue weighted by atomic mass is 16.5. The van der Waals surface area contributed by atoms with Crippen LogP contribution in [-0.4, -0.2) is 21.1 Å². The van der Waals surface area contributed by atoms with Gasteiger partial charge in [-0.2, -0.15) is 0 Å². The third-order valence-electron chi connectivity index (χ3n) is 13.3. The van der Waals surface area contributed by atoms with Crippen molar-refractivity contribution in [3.8, 4) is 62.2 Å². The second kappa shape index (κ2) is 15.1. The Hall–Kier alpha value is -8.47. The number of allylic oxidation sites excluding steroid dienone is 2. The highest BCUT2D eigenvalue weighted by Gasteiger charge is 2.39. The van der Waals surface area contributed by atoms with Crippen LogP contribution in [0.2, 0.25) is 0 Å². The molecule has 0 amide bonds. The van der Waals surface area contributed by atoms with Crippen LogP contribution in [0.1, 0.15) is 17.0 Å². The van der Waals surface area contributed by atoms with Gasteiger partial charge in [-0.3, -0.25) is 0 Å². The summed E-state index contributed by atoms with van der Waals surface area (Å²) in [4.78, 5) is 15.5. The van der Waals surface area contributed by atoms with Crippen LogP contribution in [-0.2, 0) is 0 Å². The van der Waals surface area contributed by atoms with Crippen molar-refractivity contribution >= 4 is 48.7 Å². The average molecular weight is 830 g/mol. The van der Waals surface area contributed by atoms with E-state index < -0.39 is 0 Å². The lowest BCUT2D eigenvalue weighted by atomic mass is 9.79. The van der Waals surface area contributed by atoms with E-state index in [4.69, 9.17) is 19.7 Å². The number of fused-ring (bicyclic) bond motifs is 7. The van der Waals surface area contributed by atoms with E-state index in [1.54, 1.807) is 0 Å². The predicted molar refractivity (Wildman–Crippen MR) is 268 cm³/mol. The van der Waals surface area contributed by atoms with Gasteiger partial charge in [0.25, 0.3) is 0 Å². The number of benzene rings is 10. The Bertz CT molecular complexity index is 3580. The standard InChI is InChI=1S/C61H39N3O/c1-4-19-38(20-5-1)54-42-25-10-12-27-44(42)55(45-28-13-11-26-43(45)54)41-35-36-53-52(37-41)50-33-18-34-51(58(50)65-53)56-46-29-14-16-31-48(46)57(49-32-17-15-30-47(49)56)61-63-59(39-21-6-2-7-22-39)62-60(64-61)40-23-8-3-9-24-40/h1-37,50,58H. The Morgan fingerprint density at radius 2 is 0.738 bits per heavy atom. The van der Waals surface area contributed by atoms with Crippen molar-refractivity contribution in [3.63, 3.8) is 0 Å². The number of nitrogens with zero attached hydrogens (tertiary/aromatic N) is 3. The molecule has 2 aliphatic rings. The first-order chi connectivity index (χ1) is 32.3. The minimum Gasteiger partial charge on any atom is -0.484 e. The minimum atomic E-state index is -0.219. The Labute approximate surface area is 376 Å². The van der Waals surface area contributed by atoms with E-state index in [9.17, 15) is 0 Å². The Morgan fingerprint density at radius 1 is 0.338 bits per heavy atom. The smallest absolute Gasteiger partial charge is 0.165 e. The van der Waals surface area contributed by atoms with Gasteiger partial charge in [0.1, 0.15) is 11.9 Å². The summed E-state index contributed by atoms with van der Waals surface area (Å²) >= 11 is 0. The van der Waals surface area contributed by atoms with E-state index >= 15 is 0 Å². The molecule has 0 fully saturated rings. The molecule has 1 aliphatic carbocycles. The number of ether oxygens (including phenoxy) is 1. The molecule has 11 aromatic rings. The van der Waals surface area contributed by atoms with Gasteiger partial charge in [0.2, 0.25) is 0 Å². The Balaban J connectivity index is 0.963. The molecular weight excluding hydrogens is 791 g/mol. The number of rotatable bonds is 6. The summed E-state index contributed by atoms with van der Waals surface area (Å²) in [6, 6.07) is 73.1. The van der Waals surface area contributed by atoms with Crippen molar-refractivity contribution < 1.29 is 4.74 Å². The fourth-order valence-corrected chi connectivity index (χ4v) is 10.5. The zero-order valence-electron chi connectivity index (χ0n) is 35.3. The molecule has 13 rings (SSSR count). The second-order valence-corrected chi connectivity index (χ2v) is 16.9. The van der Waals surface area contributed by atoms with Gasteiger partial charge in [-0.05, 0) is 83.0 Å². The first kappa shape index (κ1) is 37.1. The predicted octanol–water partition coefficient (Wildman–Crippen LogP) is 15.3. The maximum Gasteiger partial charge on any atom is 0.165 e. The first-order valence-electron chi connectivity index (χ1n) is 22.3. The first-order valence-corrected chi connectivity index (χ1v) is 22.3. The van der Waals surface area contributed by atoms with Crippen LogP contribution in [0.15, 0.2) is 224 Å². The van der Waals surface area contributed by atoms with Crippen molar-refractivity contribution in [2.45, 2.75) is 12.0 Å². The van der Waals surface area contributed by atoms with Gasteiger partial charge in [0.15, 0.2) is 17.5 Å². The van der Waals surface area contributed by atoms with Crippen molar-refractivity contribution in [2.75, 3.05) is 0 Å². The lowest BCUT2D eigenvalue weighted by Crippen LogP contribution is -2.22. The van der Waals surface area contributed by atoms with Crippen LogP contribution in [0, 0.1) is 0 Å². The van der Waals surface area contributed by atoms with E-state index in [1.807, 2.05) is 36.4 Å². The summed E-state index contributed by atoms with van der Waals surface area (Å²) in [5.41, 5.74) is 11.3. The molecule has 2 heterocycles. The molecule has 0 N–H and O–H groups in total. The van der Waals surface area contributed by atoms with Crippen LogP contribution < -0.4 is 4.74 Å². The summed E-state index contributed by atoms with van der Waals surface area (Å²) < 4.78 is 7.11. The van der Waals surface area contributed by atoms with Crippen LogP contribution in [0.25, 0.3) is 105 Å². The van der Waals surface area contributed by atoms with Crippen LogP contribution >= 0.6 is 0 Å². The zero-order valence-corrected chi connectivity index (χ0v) is 35.3. The van der Waals surface area contributed by atoms with Gasteiger partial charge in [-0.15, -0.1) is 0 Å². The highest BCUT2D eigenvalue weighted by Crippen LogP contribution is 2.52. The molecular formula is C61H39N3O. The van der Waals surface area contributed by atoms with E-state index in [-0.39, 0.29) is 12.0 Å². The Kier molecular flexibility index (Phi) is 8.63. The largest absolute Gasteiger partial charge is 0.484 e.